The molecule has 1 aliphatic rings. The van der Waals surface area contributed by atoms with Crippen LogP contribution in [0.3, 0.4) is 0 Å². The molecular weight excluding hydrogens is 302 g/mol. The van der Waals surface area contributed by atoms with Gasteiger partial charge in [0.2, 0.25) is 0 Å². The highest BCUT2D eigenvalue weighted by molar-refractivity contribution is 5.46. The van der Waals surface area contributed by atoms with Gasteiger partial charge in [0, 0.05) is 38.6 Å². The highest BCUT2D eigenvalue weighted by Gasteiger charge is 2.26. The number of aryl methyl sites for hydroxylation is 1. The Kier molecular flexibility index (Phi) is 5.33. The zero-order valence-electron chi connectivity index (χ0n) is 14.6. The maximum atomic E-state index is 5.51. The number of nitrogens with one attached hydrogen (secondary N) is 1. The highest BCUT2D eigenvalue weighted by atomic mass is 16.5. The standard InChI is InChI=1S/C19H25N3O2/c1-14-13-21-7-6-16(14)19(22-10-8-20-9-11-22)15-4-5-17(23-2)18(12-15)24-3/h4-7,12-13,19-20H,8-11H2,1-3H3. The maximum Gasteiger partial charge on any atom is 0.161 e. The maximum absolute atomic E-state index is 5.51. The SMILES string of the molecule is COc1ccc(C(c2ccncc2C)N2CCNCC2)cc1OC. The van der Waals surface area contributed by atoms with Gasteiger partial charge in [-0.25, -0.2) is 0 Å². The fourth-order valence-corrected chi connectivity index (χ4v) is 3.34. The average molecular weight is 327 g/mol. The number of rotatable bonds is 5. The molecule has 2 heterocycles. The first-order valence-electron chi connectivity index (χ1n) is 8.31. The molecule has 1 aromatic carbocycles. The second-order valence-electron chi connectivity index (χ2n) is 6.04. The van der Waals surface area contributed by atoms with Gasteiger partial charge in [0.1, 0.15) is 0 Å². The van der Waals surface area contributed by atoms with Crippen molar-refractivity contribution in [3.8, 4) is 11.5 Å². The van der Waals surface area contributed by atoms with E-state index < -0.39 is 0 Å². The Hall–Kier alpha value is -2.11. The van der Waals surface area contributed by atoms with Crippen molar-refractivity contribution in [1.82, 2.24) is 15.2 Å². The second-order valence-corrected chi connectivity index (χ2v) is 6.04. The van der Waals surface area contributed by atoms with Crippen molar-refractivity contribution in [2.24, 2.45) is 0 Å². The van der Waals surface area contributed by atoms with Crippen molar-refractivity contribution >= 4 is 0 Å². The van der Waals surface area contributed by atoms with E-state index in [9.17, 15) is 0 Å². The van der Waals surface area contributed by atoms with E-state index in [0.717, 1.165) is 37.7 Å². The van der Waals surface area contributed by atoms with E-state index in [1.165, 1.54) is 16.7 Å². The van der Waals surface area contributed by atoms with E-state index in [1.54, 1.807) is 14.2 Å². The predicted molar refractivity (Wildman–Crippen MR) is 94.8 cm³/mol. The van der Waals surface area contributed by atoms with Crippen LogP contribution in [0.15, 0.2) is 36.7 Å². The first-order chi connectivity index (χ1) is 11.7. The molecule has 1 atom stereocenters. The molecule has 0 radical (unpaired) electrons. The van der Waals surface area contributed by atoms with Gasteiger partial charge in [0.25, 0.3) is 0 Å². The zero-order valence-corrected chi connectivity index (χ0v) is 14.6. The summed E-state index contributed by atoms with van der Waals surface area (Å²) in [5.41, 5.74) is 3.71. The quantitative estimate of drug-likeness (QED) is 0.914. The number of hydrogen-bond donors (Lipinski definition) is 1. The molecule has 2 aromatic rings. The Morgan fingerprint density at radius 1 is 1.08 bits per heavy atom. The molecular formula is C19H25N3O2. The number of aromatic nitrogens is 1. The van der Waals surface area contributed by atoms with Crippen molar-refractivity contribution in [1.29, 1.82) is 0 Å². The third kappa shape index (κ3) is 3.37. The summed E-state index contributed by atoms with van der Waals surface area (Å²) >= 11 is 0. The van der Waals surface area contributed by atoms with Crippen molar-refractivity contribution in [3.05, 3.63) is 53.3 Å². The first-order valence-corrected chi connectivity index (χ1v) is 8.31. The molecule has 0 amide bonds. The van der Waals surface area contributed by atoms with Crippen LogP contribution in [0.5, 0.6) is 11.5 Å². The third-order valence-corrected chi connectivity index (χ3v) is 4.60. The van der Waals surface area contributed by atoms with Crippen molar-refractivity contribution in [2.45, 2.75) is 13.0 Å². The second kappa shape index (κ2) is 7.64. The molecule has 1 N–H and O–H groups in total. The molecule has 1 saturated heterocycles. The molecule has 5 nitrogen and oxygen atoms in total. The molecule has 0 spiro atoms. The molecule has 5 heteroatoms. The number of hydrogen-bond acceptors (Lipinski definition) is 5. The largest absolute Gasteiger partial charge is 0.493 e. The Balaban J connectivity index is 2.06. The summed E-state index contributed by atoms with van der Waals surface area (Å²) in [5.74, 6) is 1.52. The number of methoxy groups -OCH3 is 2. The Labute approximate surface area is 143 Å². The normalized spacial score (nSPS) is 16.6. The van der Waals surface area contributed by atoms with Crippen LogP contribution in [0.1, 0.15) is 22.7 Å². The van der Waals surface area contributed by atoms with Gasteiger partial charge in [0.15, 0.2) is 11.5 Å². The fraction of sp³-hybridized carbons (Fsp3) is 0.421. The Morgan fingerprint density at radius 3 is 2.50 bits per heavy atom. The lowest BCUT2D eigenvalue weighted by molar-refractivity contribution is 0.197. The summed E-state index contributed by atoms with van der Waals surface area (Å²) in [6, 6.07) is 8.52. The van der Waals surface area contributed by atoms with E-state index >= 15 is 0 Å². The van der Waals surface area contributed by atoms with E-state index in [-0.39, 0.29) is 6.04 Å². The monoisotopic (exact) mass is 327 g/mol. The van der Waals surface area contributed by atoms with Crippen molar-refractivity contribution in [3.63, 3.8) is 0 Å². The van der Waals surface area contributed by atoms with Gasteiger partial charge < -0.3 is 14.8 Å². The summed E-state index contributed by atoms with van der Waals surface area (Å²) in [5, 5.41) is 3.43. The molecule has 24 heavy (non-hydrogen) atoms. The van der Waals surface area contributed by atoms with Crippen LogP contribution in [0.25, 0.3) is 0 Å². The molecule has 3 rings (SSSR count). The first kappa shape index (κ1) is 16.7. The minimum atomic E-state index is 0.190. The fourth-order valence-electron chi connectivity index (χ4n) is 3.34. The van der Waals surface area contributed by atoms with Gasteiger partial charge >= 0.3 is 0 Å². The van der Waals surface area contributed by atoms with E-state index in [1.807, 2.05) is 18.5 Å². The van der Waals surface area contributed by atoms with Gasteiger partial charge in [-0.15, -0.1) is 0 Å². The van der Waals surface area contributed by atoms with Crippen LogP contribution in [0.4, 0.5) is 0 Å². The van der Waals surface area contributed by atoms with E-state index in [0.29, 0.717) is 0 Å². The predicted octanol–water partition coefficient (Wildman–Crippen LogP) is 2.40. The van der Waals surface area contributed by atoms with E-state index in [4.69, 9.17) is 9.47 Å². The Morgan fingerprint density at radius 2 is 1.83 bits per heavy atom. The number of piperazine rings is 1. The van der Waals surface area contributed by atoms with Gasteiger partial charge in [-0.1, -0.05) is 6.07 Å². The number of ether oxygens (including phenoxy) is 2. The number of pyridine rings is 1. The van der Waals surface area contributed by atoms with Gasteiger partial charge in [-0.05, 0) is 41.8 Å². The average Bonchev–Trinajstić information content (AvgIpc) is 2.64. The van der Waals surface area contributed by atoms with Crippen LogP contribution in [0, 0.1) is 6.92 Å². The Bertz CT molecular complexity index is 684. The molecule has 0 aliphatic carbocycles. The highest BCUT2D eigenvalue weighted by Crippen LogP contribution is 2.36. The van der Waals surface area contributed by atoms with Gasteiger partial charge in [-0.2, -0.15) is 0 Å². The summed E-state index contributed by atoms with van der Waals surface area (Å²) in [7, 11) is 3.34. The van der Waals surface area contributed by atoms with Crippen LogP contribution in [0.2, 0.25) is 0 Å². The summed E-state index contributed by atoms with van der Waals surface area (Å²) in [6.45, 7) is 6.17. The molecule has 0 saturated carbocycles. The molecule has 1 aromatic heterocycles. The van der Waals surface area contributed by atoms with Gasteiger partial charge in [0.05, 0.1) is 20.3 Å². The van der Waals surface area contributed by atoms with Crippen LogP contribution in [-0.2, 0) is 0 Å². The molecule has 1 fully saturated rings. The summed E-state index contributed by atoms with van der Waals surface area (Å²) in [4.78, 5) is 6.77. The minimum absolute atomic E-state index is 0.190. The molecule has 0 bridgehead atoms. The van der Waals surface area contributed by atoms with E-state index in [2.05, 4.69) is 40.3 Å². The van der Waals surface area contributed by atoms with Gasteiger partial charge in [-0.3, -0.25) is 9.88 Å². The van der Waals surface area contributed by atoms with Crippen LogP contribution in [-0.4, -0.2) is 50.3 Å². The van der Waals surface area contributed by atoms with Crippen molar-refractivity contribution in [2.75, 3.05) is 40.4 Å². The third-order valence-electron chi connectivity index (χ3n) is 4.60. The zero-order chi connectivity index (χ0) is 16.9. The smallest absolute Gasteiger partial charge is 0.161 e. The number of benzene rings is 1. The van der Waals surface area contributed by atoms with Crippen molar-refractivity contribution < 1.29 is 9.47 Å². The summed E-state index contributed by atoms with van der Waals surface area (Å²) in [6.07, 6.45) is 3.81. The molecule has 1 aliphatic heterocycles. The lowest BCUT2D eigenvalue weighted by atomic mass is 9.94. The minimum Gasteiger partial charge on any atom is -0.493 e. The molecule has 1 unspecified atom stereocenters. The molecule has 128 valence electrons. The summed E-state index contributed by atoms with van der Waals surface area (Å²) < 4.78 is 10.9. The van der Waals surface area contributed by atoms with Crippen LogP contribution >= 0.6 is 0 Å². The lowest BCUT2D eigenvalue weighted by Crippen LogP contribution is -2.45. The van der Waals surface area contributed by atoms with Crippen LogP contribution < -0.4 is 14.8 Å². The topological polar surface area (TPSA) is 46.6 Å². The lowest BCUT2D eigenvalue weighted by Gasteiger charge is -2.36. The number of nitrogens with zero attached hydrogens (tertiary/aromatic N) is 2.